The predicted molar refractivity (Wildman–Crippen MR) is 56.7 cm³/mol. The minimum atomic E-state index is -0.162. The fourth-order valence-electron chi connectivity index (χ4n) is 2.46. The lowest BCUT2D eigenvalue weighted by Gasteiger charge is -2.37. The van der Waals surface area contributed by atoms with Crippen LogP contribution in [0.5, 0.6) is 0 Å². The molecule has 0 amide bonds. The molecular formula is C9H19N5. The van der Waals surface area contributed by atoms with Crippen molar-refractivity contribution < 1.29 is 0 Å². The molecular weight excluding hydrogens is 178 g/mol. The van der Waals surface area contributed by atoms with Crippen molar-refractivity contribution in [3.05, 3.63) is 0 Å². The van der Waals surface area contributed by atoms with Gasteiger partial charge in [-0.2, -0.15) is 0 Å². The summed E-state index contributed by atoms with van der Waals surface area (Å²) >= 11 is 0. The van der Waals surface area contributed by atoms with E-state index in [-0.39, 0.29) is 11.7 Å². The molecule has 1 saturated heterocycles. The molecule has 5 nitrogen and oxygen atoms in total. The van der Waals surface area contributed by atoms with Gasteiger partial charge < -0.3 is 16.8 Å². The lowest BCUT2D eigenvalue weighted by molar-refractivity contribution is 0.193. The topological polar surface area (TPSA) is 79.7 Å². The molecule has 1 fully saturated rings. The first kappa shape index (κ1) is 9.73. The van der Waals surface area contributed by atoms with E-state index in [0.29, 0.717) is 17.9 Å². The standard InChI is InChI=1S/C9H19N5/c1-9(2)6-5(4-14(9)3)7(10)13-8(11)12-6/h5-7H,4,10H2,1-3H3,(H3,11,12,13)/t5-,6-,7-/m0/s1. The molecule has 5 N–H and O–H groups in total. The van der Waals surface area contributed by atoms with Crippen LogP contribution < -0.4 is 16.8 Å². The maximum atomic E-state index is 5.96. The second-order valence-corrected chi connectivity index (χ2v) is 4.82. The van der Waals surface area contributed by atoms with E-state index in [1.807, 2.05) is 0 Å². The normalized spacial score (nSPS) is 41.4. The van der Waals surface area contributed by atoms with Crippen molar-refractivity contribution in [3.8, 4) is 0 Å². The molecule has 0 aliphatic carbocycles. The summed E-state index contributed by atoms with van der Waals surface area (Å²) < 4.78 is 0. The Labute approximate surface area is 84.5 Å². The summed E-state index contributed by atoms with van der Waals surface area (Å²) in [6.45, 7) is 5.38. The third kappa shape index (κ3) is 1.19. The number of likely N-dealkylation sites (N-methyl/N-ethyl adjacent to an activating group) is 1. The number of rotatable bonds is 0. The highest BCUT2D eigenvalue weighted by Crippen LogP contribution is 2.34. The average molecular weight is 197 g/mol. The molecule has 0 radical (unpaired) electrons. The maximum absolute atomic E-state index is 5.96. The molecule has 0 unspecified atom stereocenters. The second-order valence-electron chi connectivity index (χ2n) is 4.82. The molecule has 2 aliphatic rings. The van der Waals surface area contributed by atoms with Crippen molar-refractivity contribution in [2.75, 3.05) is 13.6 Å². The first-order valence-corrected chi connectivity index (χ1v) is 4.99. The van der Waals surface area contributed by atoms with Crippen LogP contribution in [-0.4, -0.2) is 42.2 Å². The third-order valence-corrected chi connectivity index (χ3v) is 3.69. The van der Waals surface area contributed by atoms with E-state index in [0.717, 1.165) is 6.54 Å². The number of fused-ring (bicyclic) bond motifs is 1. The van der Waals surface area contributed by atoms with Crippen LogP contribution in [0.3, 0.4) is 0 Å². The lowest BCUT2D eigenvalue weighted by atomic mass is 9.87. The number of nitrogens with zero attached hydrogens (tertiary/aromatic N) is 2. The Morgan fingerprint density at radius 3 is 2.86 bits per heavy atom. The first-order chi connectivity index (χ1) is 6.43. The van der Waals surface area contributed by atoms with E-state index in [2.05, 4.69) is 36.1 Å². The van der Waals surface area contributed by atoms with Crippen LogP contribution in [0.4, 0.5) is 0 Å². The summed E-state index contributed by atoms with van der Waals surface area (Å²) in [4.78, 5) is 6.47. The van der Waals surface area contributed by atoms with Crippen LogP contribution in [0.2, 0.25) is 0 Å². The van der Waals surface area contributed by atoms with Crippen molar-refractivity contribution in [2.24, 2.45) is 22.4 Å². The summed E-state index contributed by atoms with van der Waals surface area (Å²) in [5, 5.41) is 3.24. The van der Waals surface area contributed by atoms with Gasteiger partial charge in [-0.15, -0.1) is 0 Å². The minimum Gasteiger partial charge on any atom is -0.370 e. The van der Waals surface area contributed by atoms with Crippen LogP contribution in [-0.2, 0) is 0 Å². The quantitative estimate of drug-likeness (QED) is 0.460. The summed E-state index contributed by atoms with van der Waals surface area (Å²) in [5.74, 6) is 0.837. The Kier molecular flexibility index (Phi) is 1.97. The van der Waals surface area contributed by atoms with Gasteiger partial charge in [0, 0.05) is 18.0 Å². The highest BCUT2D eigenvalue weighted by molar-refractivity contribution is 5.79. The van der Waals surface area contributed by atoms with E-state index in [1.165, 1.54) is 0 Å². The van der Waals surface area contributed by atoms with Crippen LogP contribution in [0.15, 0.2) is 4.99 Å². The Balaban J connectivity index is 2.29. The fraction of sp³-hybridized carbons (Fsp3) is 0.889. The van der Waals surface area contributed by atoms with Crippen LogP contribution in [0.1, 0.15) is 13.8 Å². The lowest BCUT2D eigenvalue weighted by Crippen LogP contribution is -2.60. The summed E-state index contributed by atoms with van der Waals surface area (Å²) in [6, 6.07) is 0.306. The molecule has 0 saturated carbocycles. The van der Waals surface area contributed by atoms with Gasteiger partial charge in [0.05, 0.1) is 6.04 Å². The van der Waals surface area contributed by atoms with E-state index in [4.69, 9.17) is 11.5 Å². The van der Waals surface area contributed by atoms with Crippen molar-refractivity contribution in [1.29, 1.82) is 0 Å². The van der Waals surface area contributed by atoms with Crippen molar-refractivity contribution in [1.82, 2.24) is 10.2 Å². The van der Waals surface area contributed by atoms with Gasteiger partial charge in [-0.1, -0.05) is 0 Å². The average Bonchev–Trinajstić information content (AvgIpc) is 2.28. The predicted octanol–water partition coefficient (Wildman–Crippen LogP) is -1.10. The fourth-order valence-corrected chi connectivity index (χ4v) is 2.46. The molecule has 0 aromatic carbocycles. The molecule has 0 bridgehead atoms. The SMILES string of the molecule is CN1C[C@@H]2[C@@H](N)N=C(N)N[C@@H]2C1(C)C. The van der Waals surface area contributed by atoms with E-state index in [1.54, 1.807) is 0 Å². The van der Waals surface area contributed by atoms with Gasteiger partial charge in [-0.3, -0.25) is 4.90 Å². The van der Waals surface area contributed by atoms with Crippen LogP contribution >= 0.6 is 0 Å². The van der Waals surface area contributed by atoms with Crippen molar-refractivity contribution in [2.45, 2.75) is 31.6 Å². The van der Waals surface area contributed by atoms with Crippen molar-refractivity contribution >= 4 is 5.96 Å². The number of likely N-dealkylation sites (tertiary alicyclic amines) is 1. The van der Waals surface area contributed by atoms with Crippen LogP contribution in [0.25, 0.3) is 0 Å². The smallest absolute Gasteiger partial charge is 0.190 e. The Morgan fingerprint density at radius 1 is 1.57 bits per heavy atom. The maximum Gasteiger partial charge on any atom is 0.190 e. The van der Waals surface area contributed by atoms with Gasteiger partial charge in [0.2, 0.25) is 0 Å². The van der Waals surface area contributed by atoms with Gasteiger partial charge in [0.1, 0.15) is 6.17 Å². The number of hydrogen-bond acceptors (Lipinski definition) is 5. The number of nitrogens with two attached hydrogens (primary N) is 2. The molecule has 14 heavy (non-hydrogen) atoms. The van der Waals surface area contributed by atoms with E-state index >= 15 is 0 Å². The molecule has 0 aromatic rings. The van der Waals surface area contributed by atoms with Gasteiger partial charge >= 0.3 is 0 Å². The van der Waals surface area contributed by atoms with Crippen molar-refractivity contribution in [3.63, 3.8) is 0 Å². The molecule has 0 spiro atoms. The van der Waals surface area contributed by atoms with Gasteiger partial charge in [-0.25, -0.2) is 4.99 Å². The molecule has 2 rings (SSSR count). The largest absolute Gasteiger partial charge is 0.370 e. The Hall–Kier alpha value is -0.810. The molecule has 80 valence electrons. The van der Waals surface area contributed by atoms with Gasteiger partial charge in [-0.05, 0) is 20.9 Å². The molecule has 2 heterocycles. The summed E-state index contributed by atoms with van der Waals surface area (Å²) in [5.41, 5.74) is 11.7. The zero-order valence-electron chi connectivity index (χ0n) is 8.99. The Bertz CT molecular complexity index is 272. The number of hydrogen-bond donors (Lipinski definition) is 3. The molecule has 3 atom stereocenters. The zero-order valence-corrected chi connectivity index (χ0v) is 8.99. The highest BCUT2D eigenvalue weighted by atomic mass is 15.3. The minimum absolute atomic E-state index is 0.0862. The zero-order chi connectivity index (χ0) is 10.5. The first-order valence-electron chi connectivity index (χ1n) is 4.99. The second kappa shape index (κ2) is 2.84. The third-order valence-electron chi connectivity index (χ3n) is 3.69. The van der Waals surface area contributed by atoms with E-state index in [9.17, 15) is 0 Å². The monoisotopic (exact) mass is 197 g/mol. The Morgan fingerprint density at radius 2 is 2.21 bits per heavy atom. The summed E-state index contributed by atoms with van der Waals surface area (Å²) in [6.07, 6.45) is -0.162. The van der Waals surface area contributed by atoms with Gasteiger partial charge in [0.15, 0.2) is 5.96 Å². The summed E-state index contributed by atoms with van der Waals surface area (Å²) in [7, 11) is 2.11. The molecule has 0 aromatic heterocycles. The molecule has 5 heteroatoms. The van der Waals surface area contributed by atoms with E-state index < -0.39 is 0 Å². The number of nitrogens with one attached hydrogen (secondary N) is 1. The highest BCUT2D eigenvalue weighted by Gasteiger charge is 2.49. The molecule has 2 aliphatic heterocycles. The van der Waals surface area contributed by atoms with Gasteiger partial charge in [0.25, 0.3) is 0 Å². The number of aliphatic imine (C=N–C) groups is 1. The number of guanidine groups is 1. The van der Waals surface area contributed by atoms with Crippen LogP contribution in [0, 0.1) is 5.92 Å².